The molecule has 0 radical (unpaired) electrons. The Kier molecular flexibility index (Phi) is 4.56. The maximum atomic E-state index is 12.4. The van der Waals surface area contributed by atoms with Crippen LogP contribution in [0.15, 0.2) is 30.3 Å². The lowest BCUT2D eigenvalue weighted by molar-refractivity contribution is -0.134. The van der Waals surface area contributed by atoms with E-state index in [9.17, 15) is 9.90 Å². The first-order chi connectivity index (χ1) is 9.13. The van der Waals surface area contributed by atoms with Crippen LogP contribution in [-0.2, 0) is 4.79 Å². The summed E-state index contributed by atoms with van der Waals surface area (Å²) in [5, 5.41) is 9.26. The van der Waals surface area contributed by atoms with Crippen molar-refractivity contribution < 1.29 is 9.90 Å². The van der Waals surface area contributed by atoms with Gasteiger partial charge in [-0.1, -0.05) is 30.3 Å². The molecule has 2 unspecified atom stereocenters. The van der Waals surface area contributed by atoms with Crippen molar-refractivity contribution in [2.75, 3.05) is 33.8 Å². The van der Waals surface area contributed by atoms with Gasteiger partial charge in [-0.05, 0) is 24.4 Å². The molecule has 0 bridgehead atoms. The van der Waals surface area contributed by atoms with E-state index in [4.69, 9.17) is 0 Å². The fraction of sp³-hybridized carbons (Fsp3) is 0.533. The van der Waals surface area contributed by atoms with Crippen molar-refractivity contribution in [1.29, 1.82) is 0 Å². The summed E-state index contributed by atoms with van der Waals surface area (Å²) in [6.07, 6.45) is 0.959. The molecular weight excluding hydrogens is 240 g/mol. The second-order valence-corrected chi connectivity index (χ2v) is 5.38. The number of hydrogen-bond acceptors (Lipinski definition) is 3. The summed E-state index contributed by atoms with van der Waals surface area (Å²) in [6, 6.07) is 9.65. The molecule has 4 heteroatoms. The molecule has 0 saturated carbocycles. The highest BCUT2D eigenvalue weighted by atomic mass is 16.3. The van der Waals surface area contributed by atoms with E-state index in [0.29, 0.717) is 5.92 Å². The molecule has 0 spiro atoms. The van der Waals surface area contributed by atoms with Crippen LogP contribution >= 0.6 is 0 Å². The third kappa shape index (κ3) is 3.14. The Morgan fingerprint density at radius 2 is 2.11 bits per heavy atom. The quantitative estimate of drug-likeness (QED) is 0.884. The van der Waals surface area contributed by atoms with Crippen LogP contribution in [-0.4, -0.2) is 54.6 Å². The lowest BCUT2D eigenvalue weighted by atomic mass is 10.0. The van der Waals surface area contributed by atoms with Crippen molar-refractivity contribution in [2.24, 2.45) is 5.92 Å². The molecule has 19 heavy (non-hydrogen) atoms. The second kappa shape index (κ2) is 6.17. The van der Waals surface area contributed by atoms with Gasteiger partial charge in [0.2, 0.25) is 5.91 Å². The molecule has 4 nitrogen and oxygen atoms in total. The first-order valence-corrected chi connectivity index (χ1v) is 6.74. The first-order valence-electron chi connectivity index (χ1n) is 6.74. The number of aliphatic hydroxyl groups is 1. The Balaban J connectivity index is 2.23. The average molecular weight is 262 g/mol. The maximum absolute atomic E-state index is 12.4. The van der Waals surface area contributed by atoms with E-state index in [2.05, 4.69) is 4.90 Å². The molecule has 2 atom stereocenters. The molecule has 1 aromatic rings. The van der Waals surface area contributed by atoms with E-state index in [-0.39, 0.29) is 18.6 Å². The molecule has 1 heterocycles. The number of likely N-dealkylation sites (N-methyl/N-ethyl adjacent to an activating group) is 1. The number of rotatable bonds is 4. The number of aliphatic hydroxyl groups excluding tert-OH is 1. The van der Waals surface area contributed by atoms with Gasteiger partial charge < -0.3 is 10.0 Å². The summed E-state index contributed by atoms with van der Waals surface area (Å²) in [7, 11) is 3.58. The summed E-state index contributed by atoms with van der Waals surface area (Å²) in [5.41, 5.74) is 1.03. The molecule has 0 aliphatic carbocycles. The van der Waals surface area contributed by atoms with Crippen LogP contribution in [0.4, 0.5) is 0 Å². The maximum Gasteiger partial charge on any atom is 0.244 e. The molecule has 1 aliphatic heterocycles. The number of hydrogen-bond donors (Lipinski definition) is 1. The number of benzene rings is 1. The highest BCUT2D eigenvalue weighted by molar-refractivity contribution is 5.82. The Bertz CT molecular complexity index is 419. The predicted molar refractivity (Wildman–Crippen MR) is 74.6 cm³/mol. The molecule has 2 rings (SSSR count). The molecule has 0 aromatic heterocycles. The van der Waals surface area contributed by atoms with Crippen molar-refractivity contribution in [3.05, 3.63) is 35.9 Å². The van der Waals surface area contributed by atoms with E-state index in [1.165, 1.54) is 0 Å². The lowest BCUT2D eigenvalue weighted by Crippen LogP contribution is -2.39. The third-order valence-corrected chi connectivity index (χ3v) is 3.73. The van der Waals surface area contributed by atoms with Crippen LogP contribution in [0.3, 0.4) is 0 Å². The number of carbonyl (C=O) groups excluding carboxylic acids is 1. The van der Waals surface area contributed by atoms with Gasteiger partial charge >= 0.3 is 0 Å². The van der Waals surface area contributed by atoms with Crippen LogP contribution in [0.2, 0.25) is 0 Å². The Hall–Kier alpha value is -1.39. The molecule has 1 saturated heterocycles. The minimum Gasteiger partial charge on any atom is -0.396 e. The Morgan fingerprint density at radius 1 is 1.42 bits per heavy atom. The van der Waals surface area contributed by atoms with Gasteiger partial charge in [-0.25, -0.2) is 0 Å². The fourth-order valence-corrected chi connectivity index (χ4v) is 2.64. The van der Waals surface area contributed by atoms with Gasteiger partial charge in [0.15, 0.2) is 0 Å². The lowest BCUT2D eigenvalue weighted by Gasteiger charge is -2.29. The van der Waals surface area contributed by atoms with Crippen molar-refractivity contribution in [2.45, 2.75) is 12.5 Å². The number of carbonyl (C=O) groups is 1. The standard InChI is InChI=1S/C15H22N2O2/c1-16(2)15(19)14(13-6-4-3-5-7-13)17-9-8-12(10-17)11-18/h3-7,12,14,18H,8-11H2,1-2H3. The van der Waals surface area contributed by atoms with E-state index in [1.54, 1.807) is 19.0 Å². The third-order valence-electron chi connectivity index (χ3n) is 3.73. The van der Waals surface area contributed by atoms with Crippen LogP contribution in [0.1, 0.15) is 18.0 Å². The molecule has 1 amide bonds. The van der Waals surface area contributed by atoms with Gasteiger partial charge in [-0.3, -0.25) is 9.69 Å². The van der Waals surface area contributed by atoms with E-state index >= 15 is 0 Å². The van der Waals surface area contributed by atoms with Crippen LogP contribution < -0.4 is 0 Å². The fourth-order valence-electron chi connectivity index (χ4n) is 2.64. The normalized spacial score (nSPS) is 21.3. The molecular formula is C15H22N2O2. The summed E-state index contributed by atoms with van der Waals surface area (Å²) in [6.45, 7) is 1.86. The van der Waals surface area contributed by atoms with E-state index in [1.807, 2.05) is 30.3 Å². The molecule has 1 fully saturated rings. The minimum absolute atomic E-state index is 0.102. The highest BCUT2D eigenvalue weighted by Crippen LogP contribution is 2.28. The SMILES string of the molecule is CN(C)C(=O)C(c1ccccc1)N1CCC(CO)C1. The summed E-state index contributed by atoms with van der Waals surface area (Å²) >= 11 is 0. The van der Waals surface area contributed by atoms with E-state index in [0.717, 1.165) is 25.1 Å². The molecule has 1 aromatic carbocycles. The largest absolute Gasteiger partial charge is 0.396 e. The Labute approximate surface area is 114 Å². The molecule has 1 N–H and O–H groups in total. The van der Waals surface area contributed by atoms with Crippen molar-refractivity contribution >= 4 is 5.91 Å². The first kappa shape index (κ1) is 14.0. The molecule has 1 aliphatic rings. The van der Waals surface area contributed by atoms with Crippen LogP contribution in [0.25, 0.3) is 0 Å². The van der Waals surface area contributed by atoms with Crippen molar-refractivity contribution in [3.63, 3.8) is 0 Å². The average Bonchev–Trinajstić information content (AvgIpc) is 2.88. The monoisotopic (exact) mass is 262 g/mol. The van der Waals surface area contributed by atoms with Gasteiger partial charge in [0.1, 0.15) is 6.04 Å². The zero-order valence-electron chi connectivity index (χ0n) is 11.6. The highest BCUT2D eigenvalue weighted by Gasteiger charge is 2.33. The number of likely N-dealkylation sites (tertiary alicyclic amines) is 1. The zero-order valence-corrected chi connectivity index (χ0v) is 11.6. The topological polar surface area (TPSA) is 43.8 Å². The van der Waals surface area contributed by atoms with Gasteiger partial charge in [-0.15, -0.1) is 0 Å². The van der Waals surface area contributed by atoms with Gasteiger partial charge in [0.05, 0.1) is 0 Å². The predicted octanol–water partition coefficient (Wildman–Crippen LogP) is 1.13. The molecule has 104 valence electrons. The number of nitrogens with zero attached hydrogens (tertiary/aromatic N) is 2. The number of amides is 1. The summed E-state index contributed by atoms with van der Waals surface area (Å²) in [4.78, 5) is 16.3. The zero-order chi connectivity index (χ0) is 13.8. The van der Waals surface area contributed by atoms with Gasteiger partial charge in [-0.2, -0.15) is 0 Å². The van der Waals surface area contributed by atoms with Crippen molar-refractivity contribution in [3.8, 4) is 0 Å². The van der Waals surface area contributed by atoms with Crippen LogP contribution in [0.5, 0.6) is 0 Å². The summed E-state index contributed by atoms with van der Waals surface area (Å²) < 4.78 is 0. The smallest absolute Gasteiger partial charge is 0.244 e. The minimum atomic E-state index is -0.229. The van der Waals surface area contributed by atoms with E-state index < -0.39 is 0 Å². The van der Waals surface area contributed by atoms with Gasteiger partial charge in [0.25, 0.3) is 0 Å². The Morgan fingerprint density at radius 3 is 2.63 bits per heavy atom. The van der Waals surface area contributed by atoms with Gasteiger partial charge in [0, 0.05) is 27.2 Å². The van der Waals surface area contributed by atoms with Crippen LogP contribution in [0, 0.1) is 5.92 Å². The van der Waals surface area contributed by atoms with Crippen molar-refractivity contribution in [1.82, 2.24) is 9.80 Å². The second-order valence-electron chi connectivity index (χ2n) is 5.38. The summed E-state index contributed by atoms with van der Waals surface area (Å²) in [5.74, 6) is 0.394.